The maximum atomic E-state index is 2.47. The van der Waals surface area contributed by atoms with Crippen molar-refractivity contribution in [2.75, 3.05) is 0 Å². The molecule has 0 nitrogen and oxygen atoms in total. The van der Waals surface area contributed by atoms with E-state index < -0.39 is 0 Å². The molecule has 4 aromatic carbocycles. The fraction of sp³-hybridized carbons (Fsp3) is 0.200. The number of fused-ring (bicyclic) bond motifs is 5. The molecule has 0 spiro atoms. The van der Waals surface area contributed by atoms with E-state index in [4.69, 9.17) is 0 Å². The molecule has 0 heteroatoms. The summed E-state index contributed by atoms with van der Waals surface area (Å²) in [5, 5.41) is 5.45. The molecule has 0 bridgehead atoms. The molecule has 0 saturated carbocycles. The van der Waals surface area contributed by atoms with Crippen molar-refractivity contribution < 1.29 is 0 Å². The zero-order valence-corrected chi connectivity index (χ0v) is 17.7. The van der Waals surface area contributed by atoms with Crippen molar-refractivity contribution in [3.05, 3.63) is 94.6 Å². The molecule has 6 rings (SSSR count). The third kappa shape index (κ3) is 2.53. The average Bonchev–Trinajstić information content (AvgIpc) is 2.79. The predicted octanol–water partition coefficient (Wildman–Crippen LogP) is 8.13. The van der Waals surface area contributed by atoms with Crippen LogP contribution in [0.25, 0.3) is 44.8 Å². The Bertz CT molecular complexity index is 1320. The smallest absolute Gasteiger partial charge is 0.00203 e. The quantitative estimate of drug-likeness (QED) is 0.290. The first-order chi connectivity index (χ1) is 14.7. The van der Waals surface area contributed by atoms with E-state index in [0.29, 0.717) is 5.92 Å². The number of rotatable bonds is 1. The van der Waals surface area contributed by atoms with Crippen LogP contribution in [-0.4, -0.2) is 0 Å². The van der Waals surface area contributed by atoms with Gasteiger partial charge in [-0.05, 0) is 98.7 Å². The van der Waals surface area contributed by atoms with Crippen molar-refractivity contribution in [1.82, 2.24) is 0 Å². The molecule has 4 aromatic rings. The zero-order chi connectivity index (χ0) is 20.2. The van der Waals surface area contributed by atoms with Crippen molar-refractivity contribution >= 4 is 33.7 Å². The number of benzene rings is 4. The van der Waals surface area contributed by atoms with Gasteiger partial charge in [-0.3, -0.25) is 0 Å². The van der Waals surface area contributed by atoms with Gasteiger partial charge in [-0.15, -0.1) is 0 Å². The molecule has 0 radical (unpaired) electrons. The summed E-state index contributed by atoms with van der Waals surface area (Å²) >= 11 is 0. The summed E-state index contributed by atoms with van der Waals surface area (Å²) in [7, 11) is 0. The lowest BCUT2D eigenvalue weighted by molar-refractivity contribution is 0.708. The molecule has 1 atom stereocenters. The SMILES string of the molecule is Cc1c2ccccc2c(-c2cc3c(c4c2C=CC(C)C4)CCC=C3)c2ccccc12. The van der Waals surface area contributed by atoms with Gasteiger partial charge in [0.1, 0.15) is 0 Å². The highest BCUT2D eigenvalue weighted by Crippen LogP contribution is 2.44. The second-order valence-corrected chi connectivity index (χ2v) is 8.96. The van der Waals surface area contributed by atoms with Gasteiger partial charge in [0, 0.05) is 0 Å². The van der Waals surface area contributed by atoms with E-state index in [2.05, 4.69) is 92.7 Å². The van der Waals surface area contributed by atoms with Crippen LogP contribution >= 0.6 is 0 Å². The molecule has 146 valence electrons. The van der Waals surface area contributed by atoms with Gasteiger partial charge in [0.15, 0.2) is 0 Å². The van der Waals surface area contributed by atoms with E-state index >= 15 is 0 Å². The molecule has 0 amide bonds. The highest BCUT2D eigenvalue weighted by molar-refractivity contribution is 6.16. The fourth-order valence-electron chi connectivity index (χ4n) is 5.62. The summed E-state index contributed by atoms with van der Waals surface area (Å²) in [5.74, 6) is 0.606. The Morgan fingerprint density at radius 2 is 1.47 bits per heavy atom. The van der Waals surface area contributed by atoms with Crippen LogP contribution < -0.4 is 0 Å². The van der Waals surface area contributed by atoms with E-state index in [1.165, 1.54) is 55.8 Å². The van der Waals surface area contributed by atoms with E-state index in [9.17, 15) is 0 Å². The molecule has 2 aliphatic carbocycles. The van der Waals surface area contributed by atoms with Crippen LogP contribution in [0.3, 0.4) is 0 Å². The summed E-state index contributed by atoms with van der Waals surface area (Å²) in [5.41, 5.74) is 10.2. The molecule has 0 N–H and O–H groups in total. The molecule has 0 aromatic heterocycles. The second kappa shape index (κ2) is 6.71. The van der Waals surface area contributed by atoms with Gasteiger partial charge in [0.25, 0.3) is 0 Å². The van der Waals surface area contributed by atoms with Gasteiger partial charge >= 0.3 is 0 Å². The summed E-state index contributed by atoms with van der Waals surface area (Å²) in [6.07, 6.45) is 13.0. The first kappa shape index (κ1) is 17.7. The van der Waals surface area contributed by atoms with Crippen molar-refractivity contribution in [3.8, 4) is 11.1 Å². The molecular weight excluding hydrogens is 360 g/mol. The third-order valence-corrected chi connectivity index (χ3v) is 7.07. The van der Waals surface area contributed by atoms with Gasteiger partial charge in [-0.1, -0.05) is 79.8 Å². The van der Waals surface area contributed by atoms with Gasteiger partial charge in [-0.2, -0.15) is 0 Å². The van der Waals surface area contributed by atoms with Gasteiger partial charge < -0.3 is 0 Å². The zero-order valence-electron chi connectivity index (χ0n) is 17.7. The summed E-state index contributed by atoms with van der Waals surface area (Å²) in [4.78, 5) is 0. The molecule has 2 aliphatic rings. The maximum absolute atomic E-state index is 2.47. The van der Waals surface area contributed by atoms with E-state index in [1.54, 1.807) is 11.1 Å². The molecule has 0 fully saturated rings. The Morgan fingerprint density at radius 1 is 0.800 bits per heavy atom. The van der Waals surface area contributed by atoms with Crippen LogP contribution in [0.2, 0.25) is 0 Å². The average molecular weight is 387 g/mol. The molecule has 1 unspecified atom stereocenters. The Labute approximate surface area is 178 Å². The van der Waals surface area contributed by atoms with Crippen molar-refractivity contribution in [1.29, 1.82) is 0 Å². The van der Waals surface area contributed by atoms with Crippen LogP contribution in [0.15, 0.2) is 66.7 Å². The third-order valence-electron chi connectivity index (χ3n) is 7.07. The minimum atomic E-state index is 0.606. The fourth-order valence-corrected chi connectivity index (χ4v) is 5.62. The Kier molecular flexibility index (Phi) is 3.96. The van der Waals surface area contributed by atoms with Crippen LogP contribution in [-0.2, 0) is 12.8 Å². The number of hydrogen-bond donors (Lipinski definition) is 0. The predicted molar refractivity (Wildman–Crippen MR) is 131 cm³/mol. The van der Waals surface area contributed by atoms with Crippen molar-refractivity contribution in [3.63, 3.8) is 0 Å². The largest absolute Gasteiger partial charge is 0.0836 e. The molecule has 0 heterocycles. The first-order valence-corrected chi connectivity index (χ1v) is 11.2. The van der Waals surface area contributed by atoms with E-state index in [1.807, 2.05) is 0 Å². The van der Waals surface area contributed by atoms with Gasteiger partial charge in [-0.25, -0.2) is 0 Å². The van der Waals surface area contributed by atoms with E-state index in [0.717, 1.165) is 12.8 Å². The minimum absolute atomic E-state index is 0.606. The van der Waals surface area contributed by atoms with Gasteiger partial charge in [0.05, 0.1) is 0 Å². The molecule has 0 aliphatic heterocycles. The lowest BCUT2D eigenvalue weighted by Gasteiger charge is -2.27. The number of hydrogen-bond acceptors (Lipinski definition) is 0. The van der Waals surface area contributed by atoms with Gasteiger partial charge in [0.2, 0.25) is 0 Å². The summed E-state index contributed by atoms with van der Waals surface area (Å²) < 4.78 is 0. The lowest BCUT2D eigenvalue weighted by atomic mass is 9.77. The van der Waals surface area contributed by atoms with Crippen LogP contribution in [0, 0.1) is 12.8 Å². The summed E-state index contributed by atoms with van der Waals surface area (Å²) in [6.45, 7) is 4.61. The Hall–Kier alpha value is -3.12. The van der Waals surface area contributed by atoms with Crippen LogP contribution in [0.1, 0.15) is 41.2 Å². The lowest BCUT2D eigenvalue weighted by Crippen LogP contribution is -2.11. The minimum Gasteiger partial charge on any atom is -0.0836 e. The Balaban J connectivity index is 1.80. The van der Waals surface area contributed by atoms with Crippen LogP contribution in [0.5, 0.6) is 0 Å². The maximum Gasteiger partial charge on any atom is -0.00203 e. The highest BCUT2D eigenvalue weighted by atomic mass is 14.3. The number of allylic oxidation sites excluding steroid dienone is 2. The summed E-state index contributed by atoms with van der Waals surface area (Å²) in [6, 6.07) is 20.3. The Morgan fingerprint density at radius 3 is 2.17 bits per heavy atom. The molecule has 0 saturated heterocycles. The molecular formula is C30H26. The topological polar surface area (TPSA) is 0 Å². The monoisotopic (exact) mass is 386 g/mol. The van der Waals surface area contributed by atoms with Crippen LogP contribution in [0.4, 0.5) is 0 Å². The number of aryl methyl sites for hydroxylation is 1. The van der Waals surface area contributed by atoms with Crippen molar-refractivity contribution in [2.45, 2.75) is 33.1 Å². The highest BCUT2D eigenvalue weighted by Gasteiger charge is 2.23. The van der Waals surface area contributed by atoms with E-state index in [-0.39, 0.29) is 0 Å². The second-order valence-electron chi connectivity index (χ2n) is 8.96. The normalized spacial score (nSPS) is 17.3. The van der Waals surface area contributed by atoms with Crippen molar-refractivity contribution in [2.24, 2.45) is 5.92 Å². The first-order valence-electron chi connectivity index (χ1n) is 11.2. The standard InChI is InChI=1S/C30H26/c1-19-15-16-25-28(17-19)24-12-4-3-9-21(24)18-29(25)30-26-13-7-5-10-22(26)20(2)23-11-6-8-14-27(23)30/h3,5-11,13-16,18-19H,4,12,17H2,1-2H3. The molecule has 30 heavy (non-hydrogen) atoms.